The van der Waals surface area contributed by atoms with E-state index in [0.717, 1.165) is 16.8 Å². The summed E-state index contributed by atoms with van der Waals surface area (Å²) in [6.07, 6.45) is -4.71. The fraction of sp³-hybridized carbons (Fsp3) is 0.375. The predicted molar refractivity (Wildman–Crippen MR) is 86.4 cm³/mol. The highest BCUT2D eigenvalue weighted by Crippen LogP contribution is 2.30. The fourth-order valence-corrected chi connectivity index (χ4v) is 2.80. The van der Waals surface area contributed by atoms with Crippen molar-refractivity contribution in [2.75, 3.05) is 16.8 Å². The topological polar surface area (TPSA) is 91.0 Å². The van der Waals surface area contributed by atoms with Crippen LogP contribution in [0, 0.1) is 19.8 Å². The maximum atomic E-state index is 12.5. The van der Waals surface area contributed by atoms with Gasteiger partial charge in [0.15, 0.2) is 0 Å². The summed E-state index contributed by atoms with van der Waals surface area (Å²) in [5.74, 6) is -3.29. The van der Waals surface area contributed by atoms with Crippen molar-refractivity contribution in [3.05, 3.63) is 35.2 Å². The zero-order valence-corrected chi connectivity index (χ0v) is 14.0. The van der Waals surface area contributed by atoms with Crippen LogP contribution in [0.1, 0.15) is 23.4 Å². The number of halogens is 3. The van der Waals surface area contributed by atoms with Crippen molar-refractivity contribution in [2.45, 2.75) is 26.4 Å². The number of anilines is 2. The van der Waals surface area contributed by atoms with Gasteiger partial charge in [0, 0.05) is 18.7 Å². The Morgan fingerprint density at radius 1 is 1.35 bits per heavy atom. The van der Waals surface area contributed by atoms with E-state index in [1.165, 1.54) is 4.90 Å². The van der Waals surface area contributed by atoms with Gasteiger partial charge < -0.3 is 4.90 Å². The number of amides is 2. The third-order valence-electron chi connectivity index (χ3n) is 4.35. The van der Waals surface area contributed by atoms with Gasteiger partial charge in [-0.25, -0.2) is 0 Å². The van der Waals surface area contributed by atoms with Crippen molar-refractivity contribution >= 4 is 23.5 Å². The highest BCUT2D eigenvalue weighted by molar-refractivity contribution is 6.03. The van der Waals surface area contributed by atoms with Crippen molar-refractivity contribution in [1.82, 2.24) is 15.2 Å². The number of carbonyl (C=O) groups excluding carboxylic acids is 2. The molecular formula is C16H16F3N5O2. The fourth-order valence-electron chi connectivity index (χ4n) is 2.80. The van der Waals surface area contributed by atoms with Crippen LogP contribution in [0.15, 0.2) is 18.2 Å². The van der Waals surface area contributed by atoms with Gasteiger partial charge >= 0.3 is 6.18 Å². The first-order chi connectivity index (χ1) is 12.2. The van der Waals surface area contributed by atoms with Crippen LogP contribution in [-0.4, -0.2) is 33.5 Å². The lowest BCUT2D eigenvalue weighted by Gasteiger charge is -2.20. The average Bonchev–Trinajstić information content (AvgIpc) is 3.17. The maximum Gasteiger partial charge on any atom is 0.451 e. The minimum absolute atomic E-state index is 0.0320. The van der Waals surface area contributed by atoms with Crippen molar-refractivity contribution in [3.8, 4) is 0 Å². The largest absolute Gasteiger partial charge is 0.451 e. The second-order valence-corrected chi connectivity index (χ2v) is 6.12. The molecule has 1 atom stereocenters. The molecule has 2 aromatic rings. The minimum atomic E-state index is -4.68. The van der Waals surface area contributed by atoms with Crippen LogP contribution in [0.5, 0.6) is 0 Å². The van der Waals surface area contributed by atoms with Crippen molar-refractivity contribution < 1.29 is 22.8 Å². The number of aromatic amines is 1. The van der Waals surface area contributed by atoms with E-state index in [9.17, 15) is 22.8 Å². The summed E-state index contributed by atoms with van der Waals surface area (Å²) < 4.78 is 37.5. The quantitative estimate of drug-likeness (QED) is 0.872. The molecule has 1 saturated heterocycles. The molecule has 2 amide bonds. The van der Waals surface area contributed by atoms with Gasteiger partial charge in [-0.2, -0.15) is 18.2 Å². The minimum Gasteiger partial charge on any atom is -0.311 e. The standard InChI is InChI=1S/C16H16F3N5O2/c1-8-4-3-5-11(9(8)2)24-7-10(6-12(24)25)13(26)20-15-21-14(22-23-15)16(17,18)19/h3-5,10H,6-7H2,1-2H3,(H2,20,21,22,23,26)/t10-/m0/s1. The molecule has 0 saturated carbocycles. The molecule has 7 nitrogen and oxygen atoms in total. The number of rotatable bonds is 3. The van der Waals surface area contributed by atoms with E-state index in [-0.39, 0.29) is 18.9 Å². The van der Waals surface area contributed by atoms with E-state index in [2.05, 4.69) is 15.4 Å². The molecule has 0 unspecified atom stereocenters. The van der Waals surface area contributed by atoms with Gasteiger partial charge in [-0.15, -0.1) is 5.10 Å². The SMILES string of the molecule is Cc1cccc(N2C[C@@H](C(=O)Nc3n[nH]c(C(F)(F)F)n3)CC2=O)c1C. The van der Waals surface area contributed by atoms with Gasteiger partial charge in [-0.3, -0.25) is 20.0 Å². The molecule has 3 rings (SSSR count). The first-order valence-corrected chi connectivity index (χ1v) is 7.84. The van der Waals surface area contributed by atoms with E-state index in [1.807, 2.05) is 26.0 Å². The number of aromatic nitrogens is 3. The number of alkyl halides is 3. The molecule has 0 spiro atoms. The summed E-state index contributed by atoms with van der Waals surface area (Å²) in [6, 6.07) is 5.54. The molecule has 1 fully saturated rings. The van der Waals surface area contributed by atoms with Crippen LogP contribution in [0.25, 0.3) is 0 Å². The summed E-state index contributed by atoms with van der Waals surface area (Å²) >= 11 is 0. The van der Waals surface area contributed by atoms with Crippen LogP contribution in [0.4, 0.5) is 24.8 Å². The second-order valence-electron chi connectivity index (χ2n) is 6.12. The number of carbonyl (C=O) groups is 2. The zero-order chi connectivity index (χ0) is 19.1. The lowest BCUT2D eigenvalue weighted by molar-refractivity contribution is -0.144. The van der Waals surface area contributed by atoms with Gasteiger partial charge in [-0.05, 0) is 31.0 Å². The van der Waals surface area contributed by atoms with Crippen molar-refractivity contribution in [1.29, 1.82) is 0 Å². The molecule has 1 aliphatic rings. The smallest absolute Gasteiger partial charge is 0.311 e. The molecule has 0 radical (unpaired) electrons. The first kappa shape index (κ1) is 17.9. The second kappa shape index (κ2) is 6.43. The number of nitrogens with one attached hydrogen (secondary N) is 2. The van der Waals surface area contributed by atoms with E-state index in [1.54, 1.807) is 11.2 Å². The summed E-state index contributed by atoms with van der Waals surface area (Å²) in [6.45, 7) is 3.95. The summed E-state index contributed by atoms with van der Waals surface area (Å²) in [5, 5.41) is 7.27. The van der Waals surface area contributed by atoms with Gasteiger partial charge in [-0.1, -0.05) is 12.1 Å². The molecule has 10 heteroatoms. The highest BCUT2D eigenvalue weighted by Gasteiger charge is 2.38. The van der Waals surface area contributed by atoms with Gasteiger partial charge in [0.1, 0.15) is 0 Å². The van der Waals surface area contributed by atoms with Crippen LogP contribution < -0.4 is 10.2 Å². The summed E-state index contributed by atoms with van der Waals surface area (Å²) in [4.78, 5) is 29.3. The van der Waals surface area contributed by atoms with Crippen LogP contribution in [0.2, 0.25) is 0 Å². The molecule has 2 heterocycles. The van der Waals surface area contributed by atoms with Crippen LogP contribution in [-0.2, 0) is 15.8 Å². The van der Waals surface area contributed by atoms with Gasteiger partial charge in [0.2, 0.25) is 23.6 Å². The van der Waals surface area contributed by atoms with Crippen molar-refractivity contribution in [2.24, 2.45) is 5.92 Å². The Balaban J connectivity index is 1.71. The summed E-state index contributed by atoms with van der Waals surface area (Å²) in [5.41, 5.74) is 2.68. The number of hydrogen-bond acceptors (Lipinski definition) is 4. The molecule has 0 bridgehead atoms. The number of benzene rings is 1. The lowest BCUT2D eigenvalue weighted by atomic mass is 10.1. The Labute approximate surface area is 146 Å². The molecule has 1 aromatic carbocycles. The van der Waals surface area contributed by atoms with Crippen LogP contribution >= 0.6 is 0 Å². The molecule has 26 heavy (non-hydrogen) atoms. The monoisotopic (exact) mass is 367 g/mol. The number of hydrogen-bond donors (Lipinski definition) is 2. The van der Waals surface area contributed by atoms with Gasteiger partial charge in [0.25, 0.3) is 0 Å². The Morgan fingerprint density at radius 2 is 2.08 bits per heavy atom. The van der Waals surface area contributed by atoms with E-state index < -0.39 is 29.8 Å². The van der Waals surface area contributed by atoms with E-state index in [4.69, 9.17) is 0 Å². The molecule has 2 N–H and O–H groups in total. The normalized spacial score (nSPS) is 17.7. The first-order valence-electron chi connectivity index (χ1n) is 7.84. The number of aryl methyl sites for hydroxylation is 1. The predicted octanol–water partition coefficient (Wildman–Crippen LogP) is 2.43. The van der Waals surface area contributed by atoms with Crippen molar-refractivity contribution in [3.63, 3.8) is 0 Å². The average molecular weight is 367 g/mol. The maximum absolute atomic E-state index is 12.5. The Hall–Kier alpha value is -2.91. The van der Waals surface area contributed by atoms with Gasteiger partial charge in [0.05, 0.1) is 5.92 Å². The Morgan fingerprint density at radius 3 is 2.73 bits per heavy atom. The third kappa shape index (κ3) is 3.39. The molecular weight excluding hydrogens is 351 g/mol. The number of nitrogens with zero attached hydrogens (tertiary/aromatic N) is 3. The Bertz CT molecular complexity index is 862. The van der Waals surface area contributed by atoms with E-state index in [0.29, 0.717) is 0 Å². The molecule has 1 aromatic heterocycles. The summed E-state index contributed by atoms with van der Waals surface area (Å²) in [7, 11) is 0. The number of H-pyrrole nitrogens is 1. The highest BCUT2D eigenvalue weighted by atomic mass is 19.4. The van der Waals surface area contributed by atoms with E-state index >= 15 is 0 Å². The van der Waals surface area contributed by atoms with Crippen LogP contribution in [0.3, 0.4) is 0 Å². The molecule has 0 aliphatic carbocycles. The zero-order valence-electron chi connectivity index (χ0n) is 14.0. The third-order valence-corrected chi connectivity index (χ3v) is 4.35. The molecule has 138 valence electrons. The Kier molecular flexibility index (Phi) is 4.43. The molecule has 1 aliphatic heterocycles. The lowest BCUT2D eigenvalue weighted by Crippen LogP contribution is -2.29.